The number of nitrogens with zero attached hydrogens (tertiary/aromatic N) is 1. The molecule has 0 unspecified atom stereocenters. The smallest absolute Gasteiger partial charge is 0.416 e. The van der Waals surface area contributed by atoms with Crippen LogP contribution in [0.25, 0.3) is 22.2 Å². The van der Waals surface area contributed by atoms with E-state index in [4.69, 9.17) is 4.74 Å². The minimum absolute atomic E-state index is 0.0491. The Morgan fingerprint density at radius 3 is 2.42 bits per heavy atom. The van der Waals surface area contributed by atoms with Crippen LogP contribution in [0, 0.1) is 0 Å². The molecule has 1 aromatic heterocycles. The van der Waals surface area contributed by atoms with Crippen LogP contribution in [0.15, 0.2) is 84.9 Å². The van der Waals surface area contributed by atoms with Crippen molar-refractivity contribution in [1.29, 1.82) is 0 Å². The summed E-state index contributed by atoms with van der Waals surface area (Å²) in [5.74, 6) is -0.106. The van der Waals surface area contributed by atoms with E-state index in [0.29, 0.717) is 17.0 Å². The molecule has 1 N–H and O–H groups in total. The molecular formula is C24H17F3N2O2. The number of hydrogen-bond donors (Lipinski definition) is 1. The molecule has 0 aliphatic heterocycles. The third-order valence-corrected chi connectivity index (χ3v) is 4.58. The normalized spacial score (nSPS) is 11.3. The maximum Gasteiger partial charge on any atom is 0.416 e. The zero-order chi connectivity index (χ0) is 21.8. The second-order valence-corrected chi connectivity index (χ2v) is 6.80. The van der Waals surface area contributed by atoms with Gasteiger partial charge < -0.3 is 10.1 Å². The number of benzene rings is 3. The Bertz CT molecular complexity index is 1220. The highest BCUT2D eigenvalue weighted by Gasteiger charge is 2.30. The van der Waals surface area contributed by atoms with E-state index in [-0.39, 0.29) is 12.3 Å². The van der Waals surface area contributed by atoms with Crippen LogP contribution in [0.5, 0.6) is 5.75 Å². The lowest BCUT2D eigenvalue weighted by Crippen LogP contribution is -2.20. The summed E-state index contributed by atoms with van der Waals surface area (Å²) in [5.41, 5.74) is 1.50. The van der Waals surface area contributed by atoms with E-state index in [1.54, 1.807) is 6.07 Å². The number of pyridine rings is 1. The van der Waals surface area contributed by atoms with Crippen molar-refractivity contribution in [1.82, 2.24) is 4.98 Å². The van der Waals surface area contributed by atoms with Crippen molar-refractivity contribution in [2.75, 3.05) is 11.9 Å². The lowest BCUT2D eigenvalue weighted by molar-refractivity contribution is -0.137. The van der Waals surface area contributed by atoms with Gasteiger partial charge in [0.2, 0.25) is 0 Å². The number of ether oxygens (including phenoxy) is 1. The molecule has 0 fully saturated rings. The molecular weight excluding hydrogens is 405 g/mol. The molecule has 1 heterocycles. The predicted molar refractivity (Wildman–Crippen MR) is 113 cm³/mol. The van der Waals surface area contributed by atoms with Gasteiger partial charge in [0, 0.05) is 22.7 Å². The van der Waals surface area contributed by atoms with Crippen molar-refractivity contribution in [3.8, 4) is 17.0 Å². The quantitative estimate of drug-likeness (QED) is 0.433. The van der Waals surface area contributed by atoms with Crippen LogP contribution in [0.4, 0.5) is 18.9 Å². The van der Waals surface area contributed by atoms with Gasteiger partial charge in [-0.05, 0) is 30.3 Å². The standard InChI is InChI=1S/C24H17F3N2O2/c25-24(26,27)17-9-6-10-18(13-17)28-23(30)15-31-22-14-21(16-7-2-1-3-8-16)29-20-12-5-4-11-19(20)22/h1-14H,15H2,(H,28,30). The van der Waals surface area contributed by atoms with Gasteiger partial charge >= 0.3 is 6.18 Å². The number of fused-ring (bicyclic) bond motifs is 1. The second kappa shape index (κ2) is 8.47. The first kappa shape index (κ1) is 20.4. The van der Waals surface area contributed by atoms with Gasteiger partial charge in [0.25, 0.3) is 5.91 Å². The van der Waals surface area contributed by atoms with E-state index in [0.717, 1.165) is 23.1 Å². The number of carbonyl (C=O) groups excluding carboxylic acids is 1. The number of amides is 1. The molecule has 7 heteroatoms. The highest BCUT2D eigenvalue weighted by Crippen LogP contribution is 2.31. The summed E-state index contributed by atoms with van der Waals surface area (Å²) >= 11 is 0. The summed E-state index contributed by atoms with van der Waals surface area (Å²) < 4.78 is 44.3. The predicted octanol–water partition coefficient (Wildman–Crippen LogP) is 5.94. The molecule has 0 radical (unpaired) electrons. The fourth-order valence-corrected chi connectivity index (χ4v) is 3.13. The number of alkyl halides is 3. The van der Waals surface area contributed by atoms with E-state index in [2.05, 4.69) is 10.3 Å². The van der Waals surface area contributed by atoms with E-state index in [1.807, 2.05) is 54.6 Å². The Balaban J connectivity index is 1.54. The van der Waals surface area contributed by atoms with Crippen LogP contribution >= 0.6 is 0 Å². The Labute approximate surface area is 176 Å². The van der Waals surface area contributed by atoms with Crippen molar-refractivity contribution >= 4 is 22.5 Å². The van der Waals surface area contributed by atoms with Crippen LogP contribution in [-0.2, 0) is 11.0 Å². The molecule has 4 rings (SSSR count). The number of rotatable bonds is 5. The molecule has 0 spiro atoms. The van der Waals surface area contributed by atoms with E-state index in [9.17, 15) is 18.0 Å². The summed E-state index contributed by atoms with van der Waals surface area (Å²) in [7, 11) is 0. The Morgan fingerprint density at radius 1 is 0.903 bits per heavy atom. The summed E-state index contributed by atoms with van der Waals surface area (Å²) in [6, 6.07) is 23.1. The molecule has 0 aliphatic carbocycles. The van der Waals surface area contributed by atoms with Gasteiger partial charge in [-0.3, -0.25) is 4.79 Å². The first-order chi connectivity index (χ1) is 14.9. The molecule has 4 aromatic rings. The molecule has 0 saturated carbocycles. The van der Waals surface area contributed by atoms with Crippen LogP contribution in [0.2, 0.25) is 0 Å². The Morgan fingerprint density at radius 2 is 1.65 bits per heavy atom. The zero-order valence-electron chi connectivity index (χ0n) is 16.2. The number of hydrogen-bond acceptors (Lipinski definition) is 3. The van der Waals surface area contributed by atoms with E-state index >= 15 is 0 Å². The number of carbonyl (C=O) groups is 1. The fourth-order valence-electron chi connectivity index (χ4n) is 3.13. The number of para-hydroxylation sites is 1. The van der Waals surface area contributed by atoms with Crippen molar-refractivity contribution in [2.45, 2.75) is 6.18 Å². The lowest BCUT2D eigenvalue weighted by atomic mass is 10.1. The van der Waals surface area contributed by atoms with Crippen molar-refractivity contribution in [3.63, 3.8) is 0 Å². The first-order valence-electron chi connectivity index (χ1n) is 9.45. The molecule has 31 heavy (non-hydrogen) atoms. The van der Waals surface area contributed by atoms with Crippen LogP contribution in [0.3, 0.4) is 0 Å². The Kier molecular flexibility index (Phi) is 5.58. The highest BCUT2D eigenvalue weighted by molar-refractivity contribution is 5.93. The molecule has 0 atom stereocenters. The van der Waals surface area contributed by atoms with Crippen LogP contribution in [0.1, 0.15) is 5.56 Å². The SMILES string of the molecule is O=C(COc1cc(-c2ccccc2)nc2ccccc12)Nc1cccc(C(F)(F)F)c1. The average molecular weight is 422 g/mol. The Hall–Kier alpha value is -3.87. The molecule has 0 bridgehead atoms. The van der Waals surface area contributed by atoms with Gasteiger partial charge in [-0.2, -0.15) is 13.2 Å². The van der Waals surface area contributed by atoms with E-state index in [1.165, 1.54) is 12.1 Å². The lowest BCUT2D eigenvalue weighted by Gasteiger charge is -2.13. The second-order valence-electron chi connectivity index (χ2n) is 6.80. The monoisotopic (exact) mass is 422 g/mol. The summed E-state index contributed by atoms with van der Waals surface area (Å²) in [4.78, 5) is 17.0. The summed E-state index contributed by atoms with van der Waals surface area (Å²) in [5, 5.41) is 3.17. The summed E-state index contributed by atoms with van der Waals surface area (Å²) in [6.45, 7) is -0.363. The van der Waals surface area contributed by atoms with Crippen molar-refractivity contribution < 1.29 is 22.7 Å². The maximum atomic E-state index is 12.9. The molecule has 1 amide bonds. The van der Waals surface area contributed by atoms with Crippen LogP contribution < -0.4 is 10.1 Å². The molecule has 4 nitrogen and oxygen atoms in total. The van der Waals surface area contributed by atoms with E-state index < -0.39 is 17.6 Å². The molecule has 3 aromatic carbocycles. The number of halogens is 3. The number of nitrogens with one attached hydrogen (secondary N) is 1. The molecule has 156 valence electrons. The maximum absolute atomic E-state index is 12.9. The van der Waals surface area contributed by atoms with Crippen LogP contribution in [-0.4, -0.2) is 17.5 Å². The molecule has 0 saturated heterocycles. The third kappa shape index (κ3) is 4.83. The van der Waals surface area contributed by atoms with Gasteiger partial charge in [0.1, 0.15) is 5.75 Å². The highest BCUT2D eigenvalue weighted by atomic mass is 19.4. The topological polar surface area (TPSA) is 51.2 Å². The van der Waals surface area contributed by atoms with Crippen molar-refractivity contribution in [3.05, 3.63) is 90.5 Å². The van der Waals surface area contributed by atoms with Gasteiger partial charge in [-0.15, -0.1) is 0 Å². The zero-order valence-corrected chi connectivity index (χ0v) is 16.2. The summed E-state index contributed by atoms with van der Waals surface area (Å²) in [6.07, 6.45) is -4.49. The number of anilines is 1. The van der Waals surface area contributed by atoms with Crippen molar-refractivity contribution in [2.24, 2.45) is 0 Å². The minimum Gasteiger partial charge on any atom is -0.483 e. The first-order valence-corrected chi connectivity index (χ1v) is 9.45. The fraction of sp³-hybridized carbons (Fsp3) is 0.0833. The van der Waals surface area contributed by atoms with Gasteiger partial charge in [-0.25, -0.2) is 4.98 Å². The minimum atomic E-state index is -4.49. The van der Waals surface area contributed by atoms with Gasteiger partial charge in [-0.1, -0.05) is 48.5 Å². The number of aromatic nitrogens is 1. The molecule has 0 aliphatic rings. The largest absolute Gasteiger partial charge is 0.483 e. The third-order valence-electron chi connectivity index (χ3n) is 4.58. The van der Waals surface area contributed by atoms with Gasteiger partial charge in [0.15, 0.2) is 6.61 Å². The van der Waals surface area contributed by atoms with Gasteiger partial charge in [0.05, 0.1) is 16.8 Å². The average Bonchev–Trinajstić information content (AvgIpc) is 2.77.